The number of pyridine rings is 1. The lowest BCUT2D eigenvalue weighted by molar-refractivity contribution is 0.607. The van der Waals surface area contributed by atoms with Gasteiger partial charge in [-0.1, -0.05) is 32.0 Å². The normalized spacial score (nSPS) is 10.6. The Labute approximate surface area is 107 Å². The van der Waals surface area contributed by atoms with E-state index in [1.54, 1.807) is 6.20 Å². The third kappa shape index (κ3) is 2.60. The largest absolute Gasteiger partial charge is 0.383 e. The van der Waals surface area contributed by atoms with E-state index in [-0.39, 0.29) is 0 Å². The summed E-state index contributed by atoms with van der Waals surface area (Å²) in [5, 5.41) is 13.5. The topological polar surface area (TPSA) is 48.7 Å². The smallest absolute Gasteiger partial charge is 0.103 e. The van der Waals surface area contributed by atoms with Gasteiger partial charge >= 0.3 is 0 Å². The molecule has 0 unspecified atom stereocenters. The molecule has 0 saturated heterocycles. The van der Waals surface area contributed by atoms with Crippen LogP contribution in [0.5, 0.6) is 0 Å². The fourth-order valence-electron chi connectivity index (χ4n) is 1.90. The van der Waals surface area contributed by atoms with Gasteiger partial charge < -0.3 is 5.32 Å². The van der Waals surface area contributed by atoms with Gasteiger partial charge in [0.1, 0.15) is 6.07 Å². The molecular weight excluding hydrogens is 222 g/mol. The van der Waals surface area contributed by atoms with Crippen LogP contribution in [-0.2, 0) is 0 Å². The van der Waals surface area contributed by atoms with E-state index in [2.05, 4.69) is 30.2 Å². The first kappa shape index (κ1) is 12.4. The molecule has 0 fully saturated rings. The Hall–Kier alpha value is -2.08. The lowest BCUT2D eigenvalue weighted by Gasteiger charge is -2.12. The molecule has 3 nitrogen and oxygen atoms in total. The minimum atomic E-state index is 0.609. The summed E-state index contributed by atoms with van der Waals surface area (Å²) in [6.45, 7) is 5.26. The third-order valence-corrected chi connectivity index (χ3v) is 2.92. The van der Waals surface area contributed by atoms with Crippen LogP contribution >= 0.6 is 0 Å². The second kappa shape index (κ2) is 5.50. The van der Waals surface area contributed by atoms with Crippen molar-refractivity contribution in [2.75, 3.05) is 11.9 Å². The summed E-state index contributed by atoms with van der Waals surface area (Å²) >= 11 is 0. The van der Waals surface area contributed by atoms with Gasteiger partial charge in [-0.05, 0) is 18.4 Å². The first-order chi connectivity index (χ1) is 8.72. The molecule has 92 valence electrons. The predicted octanol–water partition coefficient (Wildman–Crippen LogP) is 3.56. The van der Waals surface area contributed by atoms with Gasteiger partial charge in [0.05, 0.1) is 16.8 Å². The molecule has 0 aliphatic heterocycles. The summed E-state index contributed by atoms with van der Waals surface area (Å²) < 4.78 is 0. The van der Waals surface area contributed by atoms with Crippen LogP contribution in [0.2, 0.25) is 0 Å². The number of para-hydroxylation sites is 1. The predicted molar refractivity (Wildman–Crippen MR) is 74.4 cm³/mol. The van der Waals surface area contributed by atoms with Crippen molar-refractivity contribution in [3.05, 3.63) is 36.0 Å². The van der Waals surface area contributed by atoms with Crippen LogP contribution in [0.4, 0.5) is 5.69 Å². The van der Waals surface area contributed by atoms with Crippen molar-refractivity contribution in [1.82, 2.24) is 4.98 Å². The van der Waals surface area contributed by atoms with Gasteiger partial charge in [-0.3, -0.25) is 4.98 Å². The Balaban J connectivity index is 2.36. The van der Waals surface area contributed by atoms with Crippen LogP contribution in [0.3, 0.4) is 0 Å². The van der Waals surface area contributed by atoms with Gasteiger partial charge in [0.25, 0.3) is 0 Å². The van der Waals surface area contributed by atoms with E-state index in [1.165, 1.54) is 0 Å². The lowest BCUT2D eigenvalue weighted by atomic mass is 10.1. The lowest BCUT2D eigenvalue weighted by Crippen LogP contribution is -2.07. The molecule has 0 saturated carbocycles. The highest BCUT2D eigenvalue weighted by Crippen LogP contribution is 2.25. The fourth-order valence-corrected chi connectivity index (χ4v) is 1.90. The van der Waals surface area contributed by atoms with Crippen LogP contribution in [-0.4, -0.2) is 11.5 Å². The average Bonchev–Trinajstić information content (AvgIpc) is 2.38. The van der Waals surface area contributed by atoms with E-state index < -0.39 is 0 Å². The minimum Gasteiger partial charge on any atom is -0.383 e. The number of nitrogens with one attached hydrogen (secondary N) is 1. The highest BCUT2D eigenvalue weighted by atomic mass is 14.9. The summed E-state index contributed by atoms with van der Waals surface area (Å²) in [6.07, 6.45) is 2.72. The second-order valence-corrected chi connectivity index (χ2v) is 4.79. The number of nitrogens with zero attached hydrogens (tertiary/aromatic N) is 2. The zero-order valence-electron chi connectivity index (χ0n) is 10.8. The minimum absolute atomic E-state index is 0.609. The van der Waals surface area contributed by atoms with Crippen molar-refractivity contribution in [3.8, 4) is 6.07 Å². The Morgan fingerprint density at radius 2 is 2.11 bits per heavy atom. The summed E-state index contributed by atoms with van der Waals surface area (Å²) in [6, 6.07) is 10.1. The van der Waals surface area contributed by atoms with Crippen LogP contribution < -0.4 is 5.32 Å². The van der Waals surface area contributed by atoms with Crippen LogP contribution in [0, 0.1) is 17.2 Å². The number of benzene rings is 1. The Morgan fingerprint density at radius 1 is 1.33 bits per heavy atom. The van der Waals surface area contributed by atoms with E-state index in [1.807, 2.05) is 24.3 Å². The van der Waals surface area contributed by atoms with Gasteiger partial charge in [-0.25, -0.2) is 0 Å². The SMILES string of the molecule is CC(C)CCNc1c(C#N)cnc2ccccc12. The van der Waals surface area contributed by atoms with E-state index in [0.717, 1.165) is 29.6 Å². The first-order valence-electron chi connectivity index (χ1n) is 6.24. The number of anilines is 1. The number of nitriles is 1. The zero-order valence-corrected chi connectivity index (χ0v) is 10.8. The highest BCUT2D eigenvalue weighted by molar-refractivity contribution is 5.93. The molecule has 1 heterocycles. The summed E-state index contributed by atoms with van der Waals surface area (Å²) in [4.78, 5) is 4.29. The number of hydrogen-bond donors (Lipinski definition) is 1. The molecule has 1 aromatic heterocycles. The maximum atomic E-state index is 9.16. The van der Waals surface area contributed by atoms with Gasteiger partial charge in [-0.2, -0.15) is 5.26 Å². The molecule has 2 aromatic rings. The first-order valence-corrected chi connectivity index (χ1v) is 6.24. The molecular formula is C15H17N3. The van der Waals surface area contributed by atoms with E-state index in [9.17, 15) is 0 Å². The molecule has 0 radical (unpaired) electrons. The highest BCUT2D eigenvalue weighted by Gasteiger charge is 2.07. The fraction of sp³-hybridized carbons (Fsp3) is 0.333. The molecule has 1 N–H and O–H groups in total. The van der Waals surface area contributed by atoms with E-state index in [0.29, 0.717) is 11.5 Å². The van der Waals surface area contributed by atoms with E-state index in [4.69, 9.17) is 5.26 Å². The molecule has 0 aliphatic carbocycles. The molecule has 18 heavy (non-hydrogen) atoms. The quantitative estimate of drug-likeness (QED) is 0.887. The summed E-state index contributed by atoms with van der Waals surface area (Å²) in [7, 11) is 0. The molecule has 0 atom stereocenters. The van der Waals surface area contributed by atoms with Gasteiger partial charge in [0, 0.05) is 18.1 Å². The van der Waals surface area contributed by atoms with Gasteiger partial charge in [0.2, 0.25) is 0 Å². The van der Waals surface area contributed by atoms with E-state index >= 15 is 0 Å². The van der Waals surface area contributed by atoms with Gasteiger partial charge in [-0.15, -0.1) is 0 Å². The molecule has 0 bridgehead atoms. The number of aromatic nitrogens is 1. The monoisotopic (exact) mass is 239 g/mol. The maximum Gasteiger partial charge on any atom is 0.103 e. The van der Waals surface area contributed by atoms with Gasteiger partial charge in [0.15, 0.2) is 0 Å². The number of fused-ring (bicyclic) bond motifs is 1. The van der Waals surface area contributed by atoms with Crippen LogP contribution in [0.15, 0.2) is 30.5 Å². The van der Waals surface area contributed by atoms with Crippen molar-refractivity contribution in [2.45, 2.75) is 20.3 Å². The number of rotatable bonds is 4. The standard InChI is InChI=1S/C15H17N3/c1-11(2)7-8-17-15-12(9-16)10-18-14-6-4-3-5-13(14)15/h3-6,10-11H,7-8H2,1-2H3,(H,17,18). The van der Waals surface area contributed by atoms with Crippen LogP contribution in [0.25, 0.3) is 10.9 Å². The van der Waals surface area contributed by atoms with Crippen molar-refractivity contribution >= 4 is 16.6 Å². The number of hydrogen-bond acceptors (Lipinski definition) is 3. The third-order valence-electron chi connectivity index (χ3n) is 2.92. The molecule has 0 amide bonds. The van der Waals surface area contributed by atoms with Crippen molar-refractivity contribution < 1.29 is 0 Å². The average molecular weight is 239 g/mol. The Kier molecular flexibility index (Phi) is 3.78. The van der Waals surface area contributed by atoms with Crippen molar-refractivity contribution in [3.63, 3.8) is 0 Å². The maximum absolute atomic E-state index is 9.16. The second-order valence-electron chi connectivity index (χ2n) is 4.79. The van der Waals surface area contributed by atoms with Crippen molar-refractivity contribution in [1.29, 1.82) is 5.26 Å². The molecule has 1 aromatic carbocycles. The zero-order chi connectivity index (χ0) is 13.0. The summed E-state index contributed by atoms with van der Waals surface area (Å²) in [5.74, 6) is 0.649. The van der Waals surface area contributed by atoms with Crippen LogP contribution in [0.1, 0.15) is 25.8 Å². The molecule has 0 spiro atoms. The molecule has 3 heteroatoms. The Bertz CT molecular complexity index is 582. The summed E-state index contributed by atoms with van der Waals surface area (Å²) in [5.41, 5.74) is 2.43. The molecule has 0 aliphatic rings. The molecule has 2 rings (SSSR count). The Morgan fingerprint density at radius 3 is 2.83 bits per heavy atom. The van der Waals surface area contributed by atoms with Crippen molar-refractivity contribution in [2.24, 2.45) is 5.92 Å².